The largest absolute Gasteiger partial charge is 0.462 e. The molecule has 4 rings (SSSR count). The highest BCUT2D eigenvalue weighted by molar-refractivity contribution is 8.00. The maximum Gasteiger partial charge on any atom is 0.302 e. The summed E-state index contributed by atoms with van der Waals surface area (Å²) in [4.78, 5) is 37.5. The third-order valence-electron chi connectivity index (χ3n) is 8.38. The third-order valence-corrected chi connectivity index (χ3v) is 10.0. The third kappa shape index (κ3) is 2.39. The lowest BCUT2D eigenvalue weighted by Gasteiger charge is -2.63. The number of Topliss-reactive ketones (excluding diaryl/α,β-unsaturated/α-hetero) is 1. The standard InChI is InChI=1S/C22H30O4S/c1-13(23)26-19-8-7-16-17-6-5-14-11-15(24)9-10-21(14,3)22(17,27-4)18(25)12-20(16,19)2/h11,16-17,19H,5-10,12H2,1-4H3/t16-,17-,19-,20-,21-,22-/m0/s1. The molecule has 0 heterocycles. The molecule has 4 aliphatic rings. The summed E-state index contributed by atoms with van der Waals surface area (Å²) < 4.78 is 5.22. The molecule has 0 N–H and O–H groups in total. The zero-order chi connectivity index (χ0) is 19.6. The van der Waals surface area contributed by atoms with Crippen molar-refractivity contribution in [3.63, 3.8) is 0 Å². The molecule has 3 saturated carbocycles. The van der Waals surface area contributed by atoms with Gasteiger partial charge in [-0.15, -0.1) is 11.8 Å². The van der Waals surface area contributed by atoms with E-state index in [-0.39, 0.29) is 34.6 Å². The van der Waals surface area contributed by atoms with Crippen LogP contribution in [0.3, 0.4) is 0 Å². The van der Waals surface area contributed by atoms with Crippen molar-refractivity contribution in [1.82, 2.24) is 0 Å². The van der Waals surface area contributed by atoms with Crippen molar-refractivity contribution in [2.24, 2.45) is 22.7 Å². The molecular formula is C22H30O4S. The average Bonchev–Trinajstić information content (AvgIpc) is 2.90. The minimum Gasteiger partial charge on any atom is -0.462 e. The van der Waals surface area contributed by atoms with Crippen molar-refractivity contribution in [1.29, 1.82) is 0 Å². The van der Waals surface area contributed by atoms with Crippen LogP contribution in [0.2, 0.25) is 0 Å². The summed E-state index contributed by atoms with van der Waals surface area (Å²) in [6, 6.07) is 0. The Bertz CT molecular complexity index is 743. The summed E-state index contributed by atoms with van der Waals surface area (Å²) in [7, 11) is 0. The summed E-state index contributed by atoms with van der Waals surface area (Å²) in [6.07, 6.45) is 9.30. The molecule has 4 aliphatic carbocycles. The van der Waals surface area contributed by atoms with Gasteiger partial charge in [0.2, 0.25) is 0 Å². The Labute approximate surface area is 165 Å². The van der Waals surface area contributed by atoms with Crippen molar-refractivity contribution in [3.8, 4) is 0 Å². The molecule has 0 spiro atoms. The fraction of sp³-hybridized carbons (Fsp3) is 0.773. The van der Waals surface area contributed by atoms with Crippen LogP contribution in [0.1, 0.15) is 65.7 Å². The lowest BCUT2D eigenvalue weighted by atomic mass is 9.46. The molecule has 0 amide bonds. The van der Waals surface area contributed by atoms with E-state index in [1.807, 2.05) is 6.08 Å². The summed E-state index contributed by atoms with van der Waals surface area (Å²) in [6.45, 7) is 5.86. The van der Waals surface area contributed by atoms with Crippen LogP contribution >= 0.6 is 11.8 Å². The Hall–Kier alpha value is -1.10. The van der Waals surface area contributed by atoms with Gasteiger partial charge in [-0.05, 0) is 56.3 Å². The predicted molar refractivity (Wildman–Crippen MR) is 105 cm³/mol. The SMILES string of the molecule is CS[C@]12C(=O)C[C@]3(C)[C@@H](OC(C)=O)CC[C@H]3[C@@H]1CCC1=CC(=O)CC[C@@]12C. The molecule has 148 valence electrons. The first kappa shape index (κ1) is 19.2. The van der Waals surface area contributed by atoms with Gasteiger partial charge in [0.25, 0.3) is 0 Å². The number of ketones is 2. The number of carbonyl (C=O) groups excluding carboxylic acids is 3. The number of rotatable bonds is 2. The number of allylic oxidation sites excluding steroid dienone is 1. The molecule has 3 fully saturated rings. The van der Waals surface area contributed by atoms with Gasteiger partial charge in [-0.25, -0.2) is 0 Å². The fourth-order valence-corrected chi connectivity index (χ4v) is 8.72. The molecule has 0 saturated heterocycles. The molecule has 0 aromatic heterocycles. The van der Waals surface area contributed by atoms with Crippen LogP contribution in [0.15, 0.2) is 11.6 Å². The molecule has 0 unspecified atom stereocenters. The van der Waals surface area contributed by atoms with Crippen LogP contribution < -0.4 is 0 Å². The van der Waals surface area contributed by atoms with Gasteiger partial charge >= 0.3 is 5.97 Å². The average molecular weight is 391 g/mol. The Morgan fingerprint density at radius 1 is 1.15 bits per heavy atom. The number of hydrogen-bond donors (Lipinski definition) is 0. The van der Waals surface area contributed by atoms with Crippen LogP contribution in [0, 0.1) is 22.7 Å². The number of hydrogen-bond acceptors (Lipinski definition) is 5. The molecule has 5 heteroatoms. The van der Waals surface area contributed by atoms with Crippen molar-refractivity contribution < 1.29 is 19.1 Å². The maximum atomic E-state index is 13.8. The molecule has 4 nitrogen and oxygen atoms in total. The van der Waals surface area contributed by atoms with Gasteiger partial charge in [-0.2, -0.15) is 0 Å². The summed E-state index contributed by atoms with van der Waals surface area (Å²) >= 11 is 1.72. The fourth-order valence-electron chi connectivity index (χ4n) is 7.15. The number of carbonyl (C=O) groups is 3. The van der Waals surface area contributed by atoms with E-state index in [1.165, 1.54) is 12.5 Å². The van der Waals surface area contributed by atoms with Crippen LogP contribution in [-0.4, -0.2) is 34.6 Å². The minimum absolute atomic E-state index is 0.151. The molecule has 0 aliphatic heterocycles. The maximum absolute atomic E-state index is 13.8. The summed E-state index contributed by atoms with van der Waals surface area (Å²) in [5.74, 6) is 0.946. The van der Waals surface area contributed by atoms with Gasteiger partial charge in [0.15, 0.2) is 11.6 Å². The predicted octanol–water partition coefficient (Wildman–Crippen LogP) is 4.11. The van der Waals surface area contributed by atoms with Gasteiger partial charge in [0.1, 0.15) is 6.10 Å². The zero-order valence-corrected chi connectivity index (χ0v) is 17.6. The van der Waals surface area contributed by atoms with E-state index in [4.69, 9.17) is 4.74 Å². The van der Waals surface area contributed by atoms with E-state index in [1.54, 1.807) is 11.8 Å². The van der Waals surface area contributed by atoms with Gasteiger partial charge in [0.05, 0.1) is 4.75 Å². The van der Waals surface area contributed by atoms with Gasteiger partial charge < -0.3 is 4.74 Å². The monoisotopic (exact) mass is 390 g/mol. The lowest BCUT2D eigenvalue weighted by molar-refractivity contribution is -0.161. The van der Waals surface area contributed by atoms with Crippen LogP contribution in [-0.2, 0) is 19.1 Å². The van der Waals surface area contributed by atoms with Crippen LogP contribution in [0.4, 0.5) is 0 Å². The normalized spacial score (nSPS) is 46.2. The highest BCUT2D eigenvalue weighted by Crippen LogP contribution is 2.69. The van der Waals surface area contributed by atoms with Gasteiger partial charge in [-0.1, -0.05) is 19.4 Å². The smallest absolute Gasteiger partial charge is 0.302 e. The highest BCUT2D eigenvalue weighted by Gasteiger charge is 2.70. The topological polar surface area (TPSA) is 60.4 Å². The molecule has 6 atom stereocenters. The quantitative estimate of drug-likeness (QED) is 0.664. The number of ether oxygens (including phenoxy) is 1. The van der Waals surface area contributed by atoms with Gasteiger partial charge in [0, 0.05) is 30.6 Å². The number of thioether (sulfide) groups is 1. The second-order valence-electron chi connectivity index (χ2n) is 9.44. The van der Waals surface area contributed by atoms with Crippen LogP contribution in [0.25, 0.3) is 0 Å². The van der Waals surface area contributed by atoms with E-state index in [2.05, 4.69) is 20.1 Å². The van der Waals surface area contributed by atoms with E-state index in [0.29, 0.717) is 24.5 Å². The van der Waals surface area contributed by atoms with E-state index in [9.17, 15) is 14.4 Å². The van der Waals surface area contributed by atoms with Crippen molar-refractivity contribution in [2.45, 2.75) is 76.6 Å². The Morgan fingerprint density at radius 3 is 2.56 bits per heavy atom. The highest BCUT2D eigenvalue weighted by atomic mass is 32.2. The first-order chi connectivity index (χ1) is 12.7. The number of esters is 1. The molecular weight excluding hydrogens is 360 g/mol. The lowest BCUT2D eigenvalue weighted by Crippen LogP contribution is -2.66. The van der Waals surface area contributed by atoms with Crippen molar-refractivity contribution in [3.05, 3.63) is 11.6 Å². The Balaban J connectivity index is 1.79. The Morgan fingerprint density at radius 2 is 1.89 bits per heavy atom. The van der Waals surface area contributed by atoms with E-state index >= 15 is 0 Å². The molecule has 27 heavy (non-hydrogen) atoms. The minimum atomic E-state index is -0.451. The van der Waals surface area contributed by atoms with Crippen molar-refractivity contribution in [2.75, 3.05) is 6.26 Å². The van der Waals surface area contributed by atoms with E-state index in [0.717, 1.165) is 32.1 Å². The van der Waals surface area contributed by atoms with E-state index < -0.39 is 4.75 Å². The molecule has 0 aromatic rings. The van der Waals surface area contributed by atoms with Gasteiger partial charge in [-0.3, -0.25) is 14.4 Å². The van der Waals surface area contributed by atoms with Crippen LogP contribution in [0.5, 0.6) is 0 Å². The summed E-state index contributed by atoms with van der Waals surface area (Å²) in [5.41, 5.74) is 0.700. The molecule has 0 radical (unpaired) electrons. The summed E-state index contributed by atoms with van der Waals surface area (Å²) in [5, 5.41) is 0. The number of fused-ring (bicyclic) bond motifs is 5. The Kier molecular flexibility index (Phi) is 4.41. The molecule has 0 bridgehead atoms. The second-order valence-corrected chi connectivity index (χ2v) is 10.5. The molecule has 0 aromatic carbocycles. The van der Waals surface area contributed by atoms with Crippen molar-refractivity contribution >= 4 is 29.3 Å². The first-order valence-corrected chi connectivity index (χ1v) is 11.4. The zero-order valence-electron chi connectivity index (χ0n) is 16.8. The first-order valence-electron chi connectivity index (χ1n) is 10.2. The second kappa shape index (κ2) is 6.20.